The largest absolute Gasteiger partial charge is 0.372 e. The Bertz CT molecular complexity index is 1150. The normalized spacial score (nSPS) is 11.5. The van der Waals surface area contributed by atoms with Crippen LogP contribution < -0.4 is 9.62 Å². The van der Waals surface area contributed by atoms with Gasteiger partial charge in [-0.2, -0.15) is 4.39 Å². The van der Waals surface area contributed by atoms with Gasteiger partial charge in [-0.1, -0.05) is 0 Å². The lowest BCUT2D eigenvalue weighted by Gasteiger charge is -2.22. The number of nitrogens with one attached hydrogen (secondary N) is 1. The highest BCUT2D eigenvalue weighted by Crippen LogP contribution is 2.37. The van der Waals surface area contributed by atoms with E-state index in [9.17, 15) is 33.0 Å². The van der Waals surface area contributed by atoms with Gasteiger partial charge in [0, 0.05) is 24.8 Å². The zero-order chi connectivity index (χ0) is 23.3. The van der Waals surface area contributed by atoms with Crippen LogP contribution in [0.25, 0.3) is 0 Å². The molecular formula is C17H19FN6O6S. The second-order valence-corrected chi connectivity index (χ2v) is 8.00. The van der Waals surface area contributed by atoms with E-state index in [0.29, 0.717) is 30.9 Å². The van der Waals surface area contributed by atoms with Gasteiger partial charge in [0.1, 0.15) is 5.69 Å². The zero-order valence-electron chi connectivity index (χ0n) is 16.8. The fraction of sp³-hybridized carbons (Fsp3) is 0.294. The van der Waals surface area contributed by atoms with Gasteiger partial charge < -0.3 is 4.90 Å². The standard InChI is InChI=1S/C17H19FN6O6S/c1-4-22(5-2)11-6-7-13(14(8-11)21-31(3,29)30)19-20-15-9-12(18)16(23(25)26)10-17(15)24(27)28/h6-10,21H,4-5H2,1-3H3. The quantitative estimate of drug-likeness (QED) is 0.336. The number of sulfonamides is 1. The fourth-order valence-electron chi connectivity index (χ4n) is 2.69. The molecule has 31 heavy (non-hydrogen) atoms. The van der Waals surface area contributed by atoms with Crippen LogP contribution in [-0.4, -0.2) is 37.6 Å². The van der Waals surface area contributed by atoms with Crippen LogP contribution in [0.15, 0.2) is 40.6 Å². The molecule has 12 nitrogen and oxygen atoms in total. The number of anilines is 2. The molecule has 0 aliphatic heterocycles. The summed E-state index contributed by atoms with van der Waals surface area (Å²) in [6, 6.07) is 5.58. The molecule has 0 bridgehead atoms. The molecule has 0 spiro atoms. The highest BCUT2D eigenvalue weighted by molar-refractivity contribution is 7.92. The Morgan fingerprint density at radius 2 is 1.58 bits per heavy atom. The zero-order valence-corrected chi connectivity index (χ0v) is 17.6. The first-order valence-electron chi connectivity index (χ1n) is 8.87. The smallest absolute Gasteiger partial charge is 0.311 e. The van der Waals surface area contributed by atoms with Crippen molar-refractivity contribution in [2.24, 2.45) is 10.2 Å². The Labute approximate surface area is 176 Å². The topological polar surface area (TPSA) is 160 Å². The molecular weight excluding hydrogens is 435 g/mol. The molecule has 2 rings (SSSR count). The lowest BCUT2D eigenvalue weighted by atomic mass is 10.2. The number of nitro benzene ring substituents is 2. The van der Waals surface area contributed by atoms with Crippen molar-refractivity contribution in [3.63, 3.8) is 0 Å². The van der Waals surface area contributed by atoms with E-state index in [-0.39, 0.29) is 11.4 Å². The first-order valence-corrected chi connectivity index (χ1v) is 10.8. The maximum Gasteiger partial charge on any atom is 0.311 e. The number of azo groups is 1. The molecule has 0 saturated carbocycles. The minimum Gasteiger partial charge on any atom is -0.372 e. The summed E-state index contributed by atoms with van der Waals surface area (Å²) in [7, 11) is -3.70. The molecule has 0 aromatic heterocycles. The van der Waals surface area contributed by atoms with Gasteiger partial charge in [0.15, 0.2) is 5.69 Å². The molecule has 0 amide bonds. The third kappa shape index (κ3) is 5.91. The highest BCUT2D eigenvalue weighted by atomic mass is 32.2. The van der Waals surface area contributed by atoms with Gasteiger partial charge in [-0.3, -0.25) is 25.0 Å². The number of nitro groups is 2. The summed E-state index contributed by atoms with van der Waals surface area (Å²) in [6.07, 6.45) is 0.939. The summed E-state index contributed by atoms with van der Waals surface area (Å²) < 4.78 is 39.7. The van der Waals surface area contributed by atoms with Crippen LogP contribution in [0.4, 0.5) is 38.5 Å². The average molecular weight is 454 g/mol. The van der Waals surface area contributed by atoms with E-state index in [1.54, 1.807) is 6.07 Å². The van der Waals surface area contributed by atoms with E-state index in [0.717, 1.165) is 6.26 Å². The molecule has 0 aliphatic rings. The molecule has 2 aromatic carbocycles. The lowest BCUT2D eigenvalue weighted by Crippen LogP contribution is -2.22. The molecule has 0 aliphatic carbocycles. The summed E-state index contributed by atoms with van der Waals surface area (Å²) in [6.45, 7) is 5.15. The minimum absolute atomic E-state index is 0.00869. The van der Waals surface area contributed by atoms with Gasteiger partial charge in [0.25, 0.3) is 0 Å². The Balaban J connectivity index is 2.58. The van der Waals surface area contributed by atoms with Gasteiger partial charge in [-0.15, -0.1) is 10.2 Å². The molecule has 0 saturated heterocycles. The van der Waals surface area contributed by atoms with Gasteiger partial charge in [0.05, 0.1) is 27.9 Å². The summed E-state index contributed by atoms with van der Waals surface area (Å²) in [5.41, 5.74) is -1.70. The number of nitrogens with zero attached hydrogens (tertiary/aromatic N) is 5. The number of hydrogen-bond acceptors (Lipinski definition) is 9. The van der Waals surface area contributed by atoms with E-state index in [1.807, 2.05) is 18.7 Å². The van der Waals surface area contributed by atoms with Crippen molar-refractivity contribution in [2.75, 3.05) is 29.0 Å². The van der Waals surface area contributed by atoms with Crippen molar-refractivity contribution >= 4 is 44.1 Å². The third-order valence-corrected chi connectivity index (χ3v) is 4.70. The first-order chi connectivity index (χ1) is 14.5. The number of rotatable bonds is 9. The van der Waals surface area contributed by atoms with E-state index >= 15 is 0 Å². The molecule has 0 heterocycles. The molecule has 2 aromatic rings. The summed E-state index contributed by atoms with van der Waals surface area (Å²) in [5, 5.41) is 29.5. The van der Waals surface area contributed by atoms with Crippen LogP contribution in [-0.2, 0) is 10.0 Å². The van der Waals surface area contributed by atoms with Crippen molar-refractivity contribution in [2.45, 2.75) is 13.8 Å². The van der Waals surface area contributed by atoms with Crippen molar-refractivity contribution < 1.29 is 22.7 Å². The molecule has 0 fully saturated rings. The van der Waals surface area contributed by atoms with E-state index in [4.69, 9.17) is 0 Å². The van der Waals surface area contributed by atoms with E-state index in [2.05, 4.69) is 15.0 Å². The molecule has 14 heteroatoms. The van der Waals surface area contributed by atoms with Crippen molar-refractivity contribution in [3.8, 4) is 0 Å². The van der Waals surface area contributed by atoms with Crippen molar-refractivity contribution in [3.05, 3.63) is 56.4 Å². The highest BCUT2D eigenvalue weighted by Gasteiger charge is 2.25. The predicted octanol–water partition coefficient (Wildman–Crippen LogP) is 4.28. The molecule has 0 atom stereocenters. The second kappa shape index (κ2) is 9.42. The minimum atomic E-state index is -3.70. The van der Waals surface area contributed by atoms with Gasteiger partial charge in [-0.25, -0.2) is 8.42 Å². The van der Waals surface area contributed by atoms with Gasteiger partial charge in [0.2, 0.25) is 15.8 Å². The Morgan fingerprint density at radius 3 is 2.10 bits per heavy atom. The summed E-state index contributed by atoms with van der Waals surface area (Å²) in [5.74, 6) is -1.32. The monoisotopic (exact) mass is 454 g/mol. The fourth-order valence-corrected chi connectivity index (χ4v) is 3.26. The number of halogens is 1. The summed E-state index contributed by atoms with van der Waals surface area (Å²) in [4.78, 5) is 21.9. The SMILES string of the molecule is CCN(CC)c1ccc(N=Nc2cc(F)c([N+](=O)[O-])cc2[N+](=O)[O-])c(NS(C)(=O)=O)c1. The van der Waals surface area contributed by atoms with Crippen LogP contribution in [0, 0.1) is 26.0 Å². The van der Waals surface area contributed by atoms with E-state index in [1.165, 1.54) is 12.1 Å². The maximum atomic E-state index is 13.9. The van der Waals surface area contributed by atoms with Gasteiger partial charge in [-0.05, 0) is 32.0 Å². The first kappa shape index (κ1) is 23.6. The number of benzene rings is 2. The van der Waals surface area contributed by atoms with Crippen LogP contribution in [0.2, 0.25) is 0 Å². The molecule has 0 unspecified atom stereocenters. The van der Waals surface area contributed by atoms with Crippen LogP contribution in [0.1, 0.15) is 13.8 Å². The Hall–Kier alpha value is -3.68. The Morgan fingerprint density at radius 1 is 1.00 bits per heavy atom. The van der Waals surface area contributed by atoms with Crippen molar-refractivity contribution in [1.82, 2.24) is 0 Å². The predicted molar refractivity (Wildman–Crippen MR) is 112 cm³/mol. The maximum absolute atomic E-state index is 13.9. The lowest BCUT2D eigenvalue weighted by molar-refractivity contribution is -0.395. The summed E-state index contributed by atoms with van der Waals surface area (Å²) >= 11 is 0. The van der Waals surface area contributed by atoms with Crippen LogP contribution in [0.5, 0.6) is 0 Å². The number of hydrogen-bond donors (Lipinski definition) is 1. The molecule has 1 N–H and O–H groups in total. The van der Waals surface area contributed by atoms with Crippen molar-refractivity contribution in [1.29, 1.82) is 0 Å². The third-order valence-electron chi connectivity index (χ3n) is 4.11. The van der Waals surface area contributed by atoms with E-state index < -0.39 is 42.7 Å². The van der Waals surface area contributed by atoms with Crippen LogP contribution in [0.3, 0.4) is 0 Å². The molecule has 166 valence electrons. The average Bonchev–Trinajstić information content (AvgIpc) is 2.66. The Kier molecular flexibility index (Phi) is 7.17. The second-order valence-electron chi connectivity index (χ2n) is 6.25. The molecule has 0 radical (unpaired) electrons. The van der Waals surface area contributed by atoms with Gasteiger partial charge >= 0.3 is 11.4 Å². The van der Waals surface area contributed by atoms with Crippen LogP contribution >= 0.6 is 0 Å².